The Balaban J connectivity index is 2.22. The number of carbonyl (C=O) groups is 3. The average Bonchev–Trinajstić information content (AvgIpc) is 2.68. The lowest BCUT2D eigenvalue weighted by Gasteiger charge is -2.22. The summed E-state index contributed by atoms with van der Waals surface area (Å²) >= 11 is 0. The van der Waals surface area contributed by atoms with E-state index in [-0.39, 0.29) is 12.2 Å². The number of aromatic hydroxyl groups is 1. The molecule has 0 saturated heterocycles. The Kier molecular flexibility index (Phi) is 3.33. The number of aliphatic carboxylic acids is 1. The molecule has 2 rings (SSSR count). The number of benzene rings is 1. The largest absolute Gasteiger partial charge is 0.508 e. The lowest BCUT2D eigenvalue weighted by molar-refractivity contribution is -0.153. The van der Waals surface area contributed by atoms with Crippen LogP contribution in [0.3, 0.4) is 0 Å². The third-order valence-electron chi connectivity index (χ3n) is 2.81. The monoisotopic (exact) mass is 261 g/mol. The van der Waals surface area contributed by atoms with E-state index in [1.54, 1.807) is 12.1 Å². The molecule has 1 aliphatic rings. The van der Waals surface area contributed by atoms with Gasteiger partial charge >= 0.3 is 5.97 Å². The highest BCUT2D eigenvalue weighted by Gasteiger charge is 2.35. The third-order valence-corrected chi connectivity index (χ3v) is 2.81. The van der Waals surface area contributed by atoms with Gasteiger partial charge in [-0.15, -0.1) is 0 Å². The number of rotatable bonds is 4. The van der Waals surface area contributed by atoms with Gasteiger partial charge in [0.05, 0.1) is 0 Å². The van der Waals surface area contributed by atoms with Gasteiger partial charge in [0.15, 0.2) is 0 Å². The first kappa shape index (κ1) is 12.8. The number of carbonyl (C=O) groups excluding carboxylic acids is 2. The van der Waals surface area contributed by atoms with Crippen LogP contribution in [0.4, 0.5) is 0 Å². The number of phenolic OH excluding ortho intramolecular Hbond substituents is 1. The fraction of sp³-hybridized carbons (Fsp3) is 0.154. The highest BCUT2D eigenvalue weighted by Crippen LogP contribution is 2.16. The van der Waals surface area contributed by atoms with Gasteiger partial charge in [-0.3, -0.25) is 14.5 Å². The molecule has 19 heavy (non-hydrogen) atoms. The van der Waals surface area contributed by atoms with Crippen LogP contribution in [0.15, 0.2) is 36.4 Å². The fourth-order valence-electron chi connectivity index (χ4n) is 1.86. The van der Waals surface area contributed by atoms with Crippen molar-refractivity contribution < 1.29 is 24.6 Å². The molecule has 1 aromatic carbocycles. The molecule has 2 amide bonds. The van der Waals surface area contributed by atoms with Crippen LogP contribution in [-0.4, -0.2) is 38.9 Å². The molecule has 1 heterocycles. The van der Waals surface area contributed by atoms with Crippen LogP contribution < -0.4 is 0 Å². The maximum absolute atomic E-state index is 11.5. The zero-order valence-corrected chi connectivity index (χ0v) is 9.81. The van der Waals surface area contributed by atoms with Crippen molar-refractivity contribution in [2.24, 2.45) is 0 Å². The summed E-state index contributed by atoms with van der Waals surface area (Å²) in [6, 6.07) is 4.67. The minimum atomic E-state index is -1.25. The van der Waals surface area contributed by atoms with Crippen molar-refractivity contribution in [3.05, 3.63) is 42.0 Å². The molecule has 6 heteroatoms. The normalized spacial score (nSPS) is 15.9. The van der Waals surface area contributed by atoms with Gasteiger partial charge < -0.3 is 10.2 Å². The SMILES string of the molecule is O=C(O)C(Cc1ccc(O)cc1)N1C(=O)C=CC1=O. The molecule has 0 fully saturated rings. The predicted octanol–water partition coefficient (Wildman–Crippen LogP) is 0.313. The fourth-order valence-corrected chi connectivity index (χ4v) is 1.86. The van der Waals surface area contributed by atoms with E-state index < -0.39 is 23.8 Å². The van der Waals surface area contributed by atoms with E-state index in [9.17, 15) is 14.4 Å². The van der Waals surface area contributed by atoms with Gasteiger partial charge in [0.25, 0.3) is 11.8 Å². The topological polar surface area (TPSA) is 94.9 Å². The molecule has 1 aliphatic heterocycles. The summed E-state index contributed by atoms with van der Waals surface area (Å²) in [5.74, 6) is -2.45. The zero-order chi connectivity index (χ0) is 14.0. The summed E-state index contributed by atoms with van der Waals surface area (Å²) < 4.78 is 0. The number of phenols is 1. The van der Waals surface area contributed by atoms with Gasteiger partial charge in [-0.2, -0.15) is 0 Å². The highest BCUT2D eigenvalue weighted by atomic mass is 16.4. The zero-order valence-electron chi connectivity index (χ0n) is 9.81. The molecule has 0 bridgehead atoms. The molecule has 0 spiro atoms. The van der Waals surface area contributed by atoms with Gasteiger partial charge in [0.2, 0.25) is 0 Å². The molecular formula is C13H11NO5. The first-order chi connectivity index (χ1) is 8.99. The van der Waals surface area contributed by atoms with Crippen LogP contribution in [0.25, 0.3) is 0 Å². The van der Waals surface area contributed by atoms with Gasteiger partial charge in [-0.05, 0) is 17.7 Å². The second-order valence-electron chi connectivity index (χ2n) is 4.10. The second kappa shape index (κ2) is 4.93. The van der Waals surface area contributed by atoms with E-state index in [0.29, 0.717) is 5.56 Å². The van der Waals surface area contributed by atoms with Crippen molar-refractivity contribution in [1.29, 1.82) is 0 Å². The minimum absolute atomic E-state index is 0.00519. The number of carboxylic acids is 1. The average molecular weight is 261 g/mol. The molecule has 1 atom stereocenters. The molecule has 1 aromatic rings. The van der Waals surface area contributed by atoms with Crippen LogP contribution in [-0.2, 0) is 20.8 Å². The quantitative estimate of drug-likeness (QED) is 0.761. The van der Waals surface area contributed by atoms with E-state index in [0.717, 1.165) is 17.1 Å². The number of nitrogens with zero attached hydrogens (tertiary/aromatic N) is 1. The van der Waals surface area contributed by atoms with Crippen LogP contribution in [0.1, 0.15) is 5.56 Å². The Labute approximate surface area is 108 Å². The Morgan fingerprint density at radius 1 is 1.11 bits per heavy atom. The number of hydrogen-bond acceptors (Lipinski definition) is 4. The van der Waals surface area contributed by atoms with E-state index in [1.807, 2.05) is 0 Å². The van der Waals surface area contributed by atoms with Gasteiger partial charge in [-0.1, -0.05) is 12.1 Å². The molecule has 0 aliphatic carbocycles. The van der Waals surface area contributed by atoms with Gasteiger partial charge in [-0.25, -0.2) is 4.79 Å². The molecule has 0 saturated carbocycles. The van der Waals surface area contributed by atoms with Gasteiger partial charge in [0, 0.05) is 18.6 Å². The molecular weight excluding hydrogens is 250 g/mol. The molecule has 6 nitrogen and oxygen atoms in total. The summed E-state index contributed by atoms with van der Waals surface area (Å²) in [6.07, 6.45) is 2.10. The minimum Gasteiger partial charge on any atom is -0.508 e. The van der Waals surface area contributed by atoms with Crippen molar-refractivity contribution in [2.75, 3.05) is 0 Å². The van der Waals surface area contributed by atoms with Crippen molar-refractivity contribution in [2.45, 2.75) is 12.5 Å². The van der Waals surface area contributed by atoms with Crippen LogP contribution in [0.2, 0.25) is 0 Å². The van der Waals surface area contributed by atoms with E-state index >= 15 is 0 Å². The van der Waals surface area contributed by atoms with Crippen LogP contribution in [0, 0.1) is 0 Å². The molecule has 0 aromatic heterocycles. The summed E-state index contributed by atoms with van der Waals surface area (Å²) in [6.45, 7) is 0. The molecule has 1 unspecified atom stereocenters. The van der Waals surface area contributed by atoms with Crippen molar-refractivity contribution in [3.63, 3.8) is 0 Å². The second-order valence-corrected chi connectivity index (χ2v) is 4.10. The number of hydrogen-bond donors (Lipinski definition) is 2. The Morgan fingerprint density at radius 3 is 2.11 bits per heavy atom. The van der Waals surface area contributed by atoms with E-state index in [1.165, 1.54) is 12.1 Å². The van der Waals surface area contributed by atoms with Crippen LogP contribution >= 0.6 is 0 Å². The van der Waals surface area contributed by atoms with Crippen LogP contribution in [0.5, 0.6) is 5.75 Å². The summed E-state index contributed by atoms with van der Waals surface area (Å²) in [7, 11) is 0. The van der Waals surface area contributed by atoms with Crippen molar-refractivity contribution >= 4 is 17.8 Å². The molecule has 98 valence electrons. The standard InChI is InChI=1S/C13H11NO5/c15-9-3-1-8(2-4-9)7-10(13(18)19)14-11(16)5-6-12(14)17/h1-6,10,15H,7H2,(H,18,19). The lowest BCUT2D eigenvalue weighted by atomic mass is 10.0. The van der Waals surface area contributed by atoms with Crippen molar-refractivity contribution in [1.82, 2.24) is 4.90 Å². The Morgan fingerprint density at radius 2 is 1.63 bits per heavy atom. The molecule has 2 N–H and O–H groups in total. The smallest absolute Gasteiger partial charge is 0.327 e. The highest BCUT2D eigenvalue weighted by molar-refractivity contribution is 6.14. The van der Waals surface area contributed by atoms with Crippen molar-refractivity contribution in [3.8, 4) is 5.75 Å². The van der Waals surface area contributed by atoms with E-state index in [4.69, 9.17) is 10.2 Å². The van der Waals surface area contributed by atoms with E-state index in [2.05, 4.69) is 0 Å². The Hall–Kier alpha value is -2.63. The lowest BCUT2D eigenvalue weighted by Crippen LogP contribution is -2.46. The summed E-state index contributed by atoms with van der Waals surface area (Å²) in [5.41, 5.74) is 0.609. The summed E-state index contributed by atoms with van der Waals surface area (Å²) in [4.78, 5) is 34.9. The number of carboxylic acid groups (broad SMARTS) is 1. The maximum Gasteiger partial charge on any atom is 0.327 e. The van der Waals surface area contributed by atoms with Gasteiger partial charge in [0.1, 0.15) is 11.8 Å². The maximum atomic E-state index is 11.5. The third kappa shape index (κ3) is 2.62. The molecule has 0 radical (unpaired) electrons. The first-order valence-electron chi connectivity index (χ1n) is 5.55. The first-order valence-corrected chi connectivity index (χ1v) is 5.55. The predicted molar refractivity (Wildman–Crippen MR) is 64.2 cm³/mol. The number of amides is 2. The summed E-state index contributed by atoms with van der Waals surface area (Å²) in [5, 5.41) is 18.3. The Bertz CT molecular complexity index is 543. The number of imide groups is 1.